The Morgan fingerprint density at radius 2 is 2.25 bits per heavy atom. The zero-order valence-corrected chi connectivity index (χ0v) is 13.1. The van der Waals surface area contributed by atoms with Gasteiger partial charge in [0, 0.05) is 25.8 Å². The van der Waals surface area contributed by atoms with Crippen molar-refractivity contribution in [1.29, 1.82) is 0 Å². The molecule has 1 aromatic heterocycles. The number of aromatic carboxylic acids is 1. The van der Waals surface area contributed by atoms with E-state index in [2.05, 4.69) is 15.9 Å². The fraction of sp³-hybridized carbons (Fsp3) is 0.545. The van der Waals surface area contributed by atoms with E-state index in [-0.39, 0.29) is 28.8 Å². The zero-order chi connectivity index (χ0) is 14.9. The van der Waals surface area contributed by atoms with Crippen LogP contribution in [0.15, 0.2) is 20.0 Å². The largest absolute Gasteiger partial charge is 0.475 e. The fourth-order valence-corrected chi connectivity index (χ4v) is 4.38. The van der Waals surface area contributed by atoms with Gasteiger partial charge in [0.15, 0.2) is 4.67 Å². The minimum Gasteiger partial charge on any atom is -0.475 e. The lowest BCUT2D eigenvalue weighted by Crippen LogP contribution is -2.35. The van der Waals surface area contributed by atoms with Crippen LogP contribution in [-0.2, 0) is 14.8 Å². The zero-order valence-electron chi connectivity index (χ0n) is 10.7. The number of hydrogen-bond donors (Lipinski definition) is 1. The number of rotatable bonds is 7. The van der Waals surface area contributed by atoms with Crippen molar-refractivity contribution in [3.63, 3.8) is 0 Å². The summed E-state index contributed by atoms with van der Waals surface area (Å²) in [5, 5.41) is 8.85. The Morgan fingerprint density at radius 3 is 2.70 bits per heavy atom. The van der Waals surface area contributed by atoms with Crippen LogP contribution in [0.25, 0.3) is 0 Å². The normalized spacial score (nSPS) is 15.8. The number of nitrogens with zero attached hydrogens (tertiary/aromatic N) is 1. The van der Waals surface area contributed by atoms with Crippen molar-refractivity contribution >= 4 is 31.9 Å². The number of furan rings is 1. The molecule has 20 heavy (non-hydrogen) atoms. The summed E-state index contributed by atoms with van der Waals surface area (Å²) in [5.74, 6) is -1.74. The number of ether oxygens (including phenoxy) is 1. The smallest absolute Gasteiger partial charge is 0.371 e. The Hall–Kier alpha value is -0.900. The summed E-state index contributed by atoms with van der Waals surface area (Å²) in [4.78, 5) is 10.7. The first-order valence-electron chi connectivity index (χ1n) is 5.91. The molecule has 0 bridgehead atoms. The predicted octanol–water partition coefficient (Wildman–Crippen LogP) is 1.54. The molecule has 0 saturated heterocycles. The molecule has 0 unspecified atom stereocenters. The molecule has 1 saturated carbocycles. The summed E-state index contributed by atoms with van der Waals surface area (Å²) in [6.45, 7) is 0.501. The van der Waals surface area contributed by atoms with E-state index in [9.17, 15) is 13.2 Å². The third kappa shape index (κ3) is 3.05. The molecular weight excluding hydrogens is 354 g/mol. The molecule has 0 spiro atoms. The maximum atomic E-state index is 12.6. The Bertz CT molecular complexity index is 606. The number of carboxylic acids is 1. The topological polar surface area (TPSA) is 97.0 Å². The second-order valence-corrected chi connectivity index (χ2v) is 6.97. The van der Waals surface area contributed by atoms with Gasteiger partial charge in [-0.1, -0.05) is 0 Å². The van der Waals surface area contributed by atoms with E-state index in [0.29, 0.717) is 0 Å². The predicted molar refractivity (Wildman–Crippen MR) is 72.2 cm³/mol. The first kappa shape index (κ1) is 15.5. The molecule has 1 N–H and O–H groups in total. The van der Waals surface area contributed by atoms with Crippen molar-refractivity contribution in [2.45, 2.75) is 23.8 Å². The van der Waals surface area contributed by atoms with E-state index < -0.39 is 21.8 Å². The number of carboxylic acid groups (broad SMARTS) is 1. The van der Waals surface area contributed by atoms with Gasteiger partial charge in [0.25, 0.3) is 0 Å². The summed E-state index contributed by atoms with van der Waals surface area (Å²) in [6.07, 6.45) is 1.59. The molecule has 1 fully saturated rings. The Labute approximate surface area is 124 Å². The molecule has 1 aliphatic carbocycles. The van der Waals surface area contributed by atoms with Gasteiger partial charge in [-0.3, -0.25) is 0 Å². The summed E-state index contributed by atoms with van der Waals surface area (Å²) in [6, 6.07) is 0.967. The fourth-order valence-electron chi connectivity index (χ4n) is 1.80. The Morgan fingerprint density at radius 1 is 1.60 bits per heavy atom. The van der Waals surface area contributed by atoms with E-state index >= 15 is 0 Å². The van der Waals surface area contributed by atoms with Crippen molar-refractivity contribution in [2.75, 3.05) is 20.3 Å². The van der Waals surface area contributed by atoms with Crippen LogP contribution in [0.4, 0.5) is 0 Å². The van der Waals surface area contributed by atoms with Crippen LogP contribution in [0.1, 0.15) is 23.4 Å². The van der Waals surface area contributed by atoms with Gasteiger partial charge in [0.1, 0.15) is 4.90 Å². The SMILES string of the molecule is COCCN(C1CC1)S(=O)(=O)c1cc(C(=O)O)oc1Br. The monoisotopic (exact) mass is 367 g/mol. The summed E-state index contributed by atoms with van der Waals surface area (Å²) < 4.78 is 36.2. The quantitative estimate of drug-likeness (QED) is 0.784. The average molecular weight is 368 g/mol. The lowest BCUT2D eigenvalue weighted by Gasteiger charge is -2.20. The maximum absolute atomic E-state index is 12.6. The molecule has 0 radical (unpaired) electrons. The molecule has 2 rings (SSSR count). The summed E-state index contributed by atoms with van der Waals surface area (Å²) >= 11 is 2.96. The number of hydrogen-bond acceptors (Lipinski definition) is 5. The number of halogens is 1. The molecule has 1 aliphatic rings. The molecule has 0 aliphatic heterocycles. The van der Waals surface area contributed by atoms with Crippen LogP contribution in [-0.4, -0.2) is 50.1 Å². The molecule has 1 heterocycles. The van der Waals surface area contributed by atoms with Gasteiger partial charge >= 0.3 is 5.97 Å². The molecule has 112 valence electrons. The third-order valence-corrected chi connectivity index (χ3v) is 5.73. The van der Waals surface area contributed by atoms with Crippen LogP contribution in [0.2, 0.25) is 0 Å². The van der Waals surface area contributed by atoms with Crippen molar-refractivity contribution in [3.05, 3.63) is 16.5 Å². The summed E-state index contributed by atoms with van der Waals surface area (Å²) in [7, 11) is -2.31. The van der Waals surface area contributed by atoms with Crippen LogP contribution < -0.4 is 0 Å². The summed E-state index contributed by atoms with van der Waals surface area (Å²) in [5.41, 5.74) is 0. The third-order valence-electron chi connectivity index (χ3n) is 2.92. The maximum Gasteiger partial charge on any atom is 0.371 e. The second kappa shape index (κ2) is 5.84. The van der Waals surface area contributed by atoms with Gasteiger partial charge in [0.2, 0.25) is 15.8 Å². The Kier molecular flexibility index (Phi) is 4.52. The number of sulfonamides is 1. The molecule has 9 heteroatoms. The van der Waals surface area contributed by atoms with Crippen LogP contribution in [0.3, 0.4) is 0 Å². The highest BCUT2D eigenvalue weighted by molar-refractivity contribution is 9.10. The van der Waals surface area contributed by atoms with E-state index in [1.165, 1.54) is 11.4 Å². The van der Waals surface area contributed by atoms with E-state index in [0.717, 1.165) is 18.9 Å². The highest BCUT2D eigenvalue weighted by Crippen LogP contribution is 2.35. The second-order valence-electron chi connectivity index (χ2n) is 4.39. The lowest BCUT2D eigenvalue weighted by atomic mass is 10.5. The van der Waals surface area contributed by atoms with Gasteiger partial charge in [-0.15, -0.1) is 0 Å². The van der Waals surface area contributed by atoms with Crippen LogP contribution in [0.5, 0.6) is 0 Å². The molecule has 0 atom stereocenters. The van der Waals surface area contributed by atoms with E-state index in [1.807, 2.05) is 0 Å². The van der Waals surface area contributed by atoms with Gasteiger partial charge < -0.3 is 14.3 Å². The van der Waals surface area contributed by atoms with Gasteiger partial charge in [0.05, 0.1) is 6.61 Å². The van der Waals surface area contributed by atoms with Gasteiger partial charge in [-0.05, 0) is 28.8 Å². The van der Waals surface area contributed by atoms with E-state index in [1.54, 1.807) is 0 Å². The minimum atomic E-state index is -3.80. The first-order valence-corrected chi connectivity index (χ1v) is 8.14. The first-order chi connectivity index (χ1) is 9.37. The van der Waals surface area contributed by atoms with Crippen molar-refractivity contribution in [1.82, 2.24) is 4.31 Å². The van der Waals surface area contributed by atoms with Gasteiger partial charge in [-0.2, -0.15) is 4.31 Å². The van der Waals surface area contributed by atoms with Gasteiger partial charge in [-0.25, -0.2) is 13.2 Å². The van der Waals surface area contributed by atoms with Crippen LogP contribution in [0, 0.1) is 0 Å². The standard InChI is InChI=1S/C11H14BrNO6S/c1-18-5-4-13(7-2-3-7)20(16,17)9-6-8(11(14)15)19-10(9)12/h6-7H,2-5H2,1H3,(H,14,15). The highest BCUT2D eigenvalue weighted by atomic mass is 79.9. The highest BCUT2D eigenvalue weighted by Gasteiger charge is 2.40. The molecule has 0 amide bonds. The Balaban J connectivity index is 2.34. The van der Waals surface area contributed by atoms with Crippen molar-refractivity contribution in [3.8, 4) is 0 Å². The number of carbonyl (C=O) groups is 1. The lowest BCUT2D eigenvalue weighted by molar-refractivity contribution is 0.0661. The van der Waals surface area contributed by atoms with E-state index in [4.69, 9.17) is 14.3 Å². The van der Waals surface area contributed by atoms with Crippen molar-refractivity contribution in [2.24, 2.45) is 0 Å². The molecular formula is C11H14BrNO6S. The van der Waals surface area contributed by atoms with Crippen LogP contribution >= 0.6 is 15.9 Å². The minimum absolute atomic E-state index is 0.0507. The van der Waals surface area contributed by atoms with Crippen molar-refractivity contribution < 1.29 is 27.5 Å². The molecule has 1 aromatic rings. The molecule has 7 nitrogen and oxygen atoms in total. The average Bonchev–Trinajstić information content (AvgIpc) is 3.10. The number of methoxy groups -OCH3 is 1. The molecule has 0 aromatic carbocycles.